The molecule has 9 nitrogen and oxygen atoms in total. The fourth-order valence-electron chi connectivity index (χ4n) is 3.92. The summed E-state index contributed by atoms with van der Waals surface area (Å²) in [6.45, 7) is 8.63. The predicted molar refractivity (Wildman–Crippen MR) is 132 cm³/mol. The third-order valence-corrected chi connectivity index (χ3v) is 6.51. The molecule has 3 heterocycles. The SMILES string of the molecule is CC1(NC(=O)OC(C)(C)C)CCN(c2nc3[nH]nc(-c4cccc(Cl)c4Cl)c3nc2C=O)CC1. The first-order valence-electron chi connectivity index (χ1n) is 10.9. The molecule has 1 saturated heterocycles. The second-order valence-electron chi connectivity index (χ2n) is 9.60. The number of ether oxygens (including phenoxy) is 1. The van der Waals surface area contributed by atoms with E-state index in [1.807, 2.05) is 32.6 Å². The number of nitrogens with one attached hydrogen (secondary N) is 2. The molecule has 0 unspecified atom stereocenters. The molecule has 0 atom stereocenters. The maximum atomic E-state index is 12.3. The van der Waals surface area contributed by atoms with E-state index in [1.165, 1.54) is 0 Å². The number of hydrogen-bond acceptors (Lipinski definition) is 7. The Balaban J connectivity index is 1.57. The van der Waals surface area contributed by atoms with Gasteiger partial charge < -0.3 is 15.0 Å². The van der Waals surface area contributed by atoms with Gasteiger partial charge in [-0.2, -0.15) is 5.10 Å². The Hall–Kier alpha value is -2.91. The van der Waals surface area contributed by atoms with E-state index in [-0.39, 0.29) is 5.69 Å². The van der Waals surface area contributed by atoms with Crippen molar-refractivity contribution in [2.24, 2.45) is 0 Å². The van der Waals surface area contributed by atoms with Gasteiger partial charge in [-0.05, 0) is 46.6 Å². The van der Waals surface area contributed by atoms with E-state index in [1.54, 1.807) is 18.2 Å². The lowest BCUT2D eigenvalue weighted by atomic mass is 9.89. The number of carbonyl (C=O) groups excluding carboxylic acids is 2. The minimum absolute atomic E-state index is 0.206. The highest BCUT2D eigenvalue weighted by atomic mass is 35.5. The molecular formula is C23H26Cl2N6O3. The number of H-pyrrole nitrogens is 1. The lowest BCUT2D eigenvalue weighted by molar-refractivity contribution is 0.0448. The van der Waals surface area contributed by atoms with Gasteiger partial charge >= 0.3 is 6.09 Å². The van der Waals surface area contributed by atoms with Crippen LogP contribution in [0.2, 0.25) is 10.0 Å². The number of alkyl carbamates (subject to hydrolysis) is 1. The zero-order chi connectivity index (χ0) is 24.7. The minimum atomic E-state index is -0.566. The average molecular weight is 505 g/mol. The number of amides is 1. The van der Waals surface area contributed by atoms with Crippen molar-refractivity contribution < 1.29 is 14.3 Å². The van der Waals surface area contributed by atoms with Crippen LogP contribution in [0.4, 0.5) is 10.6 Å². The number of aromatic nitrogens is 4. The zero-order valence-electron chi connectivity index (χ0n) is 19.4. The number of nitrogens with zero attached hydrogens (tertiary/aromatic N) is 4. The molecule has 11 heteroatoms. The van der Waals surface area contributed by atoms with Crippen LogP contribution >= 0.6 is 23.2 Å². The Morgan fingerprint density at radius 3 is 2.59 bits per heavy atom. The number of benzene rings is 1. The van der Waals surface area contributed by atoms with Crippen LogP contribution in [-0.4, -0.2) is 56.8 Å². The van der Waals surface area contributed by atoms with Gasteiger partial charge in [-0.25, -0.2) is 14.8 Å². The molecule has 0 spiro atoms. The average Bonchev–Trinajstić information content (AvgIpc) is 3.16. The van der Waals surface area contributed by atoms with Crippen molar-refractivity contribution in [2.45, 2.75) is 51.7 Å². The molecule has 1 aromatic carbocycles. The molecule has 1 fully saturated rings. The van der Waals surface area contributed by atoms with Crippen LogP contribution in [0.25, 0.3) is 22.4 Å². The quantitative estimate of drug-likeness (QED) is 0.479. The smallest absolute Gasteiger partial charge is 0.408 e. The van der Waals surface area contributed by atoms with E-state index >= 15 is 0 Å². The molecule has 4 rings (SSSR count). The van der Waals surface area contributed by atoms with Crippen molar-refractivity contribution in [3.63, 3.8) is 0 Å². The van der Waals surface area contributed by atoms with Crippen LogP contribution in [0.5, 0.6) is 0 Å². The number of rotatable bonds is 4. The molecule has 34 heavy (non-hydrogen) atoms. The summed E-state index contributed by atoms with van der Waals surface area (Å²) in [6.07, 6.45) is 1.54. The van der Waals surface area contributed by atoms with Crippen LogP contribution in [0.1, 0.15) is 51.0 Å². The fourth-order valence-corrected chi connectivity index (χ4v) is 4.31. The molecule has 180 valence electrons. The number of aromatic amines is 1. The van der Waals surface area contributed by atoms with Crippen molar-refractivity contribution >= 4 is 52.6 Å². The first kappa shape index (κ1) is 24.2. The summed E-state index contributed by atoms with van der Waals surface area (Å²) >= 11 is 12.5. The maximum Gasteiger partial charge on any atom is 0.408 e. The first-order valence-corrected chi connectivity index (χ1v) is 11.7. The van der Waals surface area contributed by atoms with Crippen molar-refractivity contribution in [3.05, 3.63) is 33.9 Å². The highest BCUT2D eigenvalue weighted by molar-refractivity contribution is 6.43. The van der Waals surface area contributed by atoms with Crippen LogP contribution in [0, 0.1) is 0 Å². The van der Waals surface area contributed by atoms with E-state index in [0.717, 1.165) is 0 Å². The second kappa shape index (κ2) is 9.03. The Morgan fingerprint density at radius 2 is 1.94 bits per heavy atom. The van der Waals surface area contributed by atoms with Gasteiger partial charge in [0.2, 0.25) is 0 Å². The van der Waals surface area contributed by atoms with Crippen molar-refractivity contribution in [1.82, 2.24) is 25.5 Å². The summed E-state index contributed by atoms with van der Waals surface area (Å²) < 4.78 is 5.40. The van der Waals surface area contributed by atoms with Crippen LogP contribution in [0.3, 0.4) is 0 Å². The molecule has 1 amide bonds. The predicted octanol–water partition coefficient (Wildman–Crippen LogP) is 5.02. The largest absolute Gasteiger partial charge is 0.444 e. The number of hydrogen-bond donors (Lipinski definition) is 2. The molecule has 0 saturated carbocycles. The van der Waals surface area contributed by atoms with Crippen LogP contribution in [0.15, 0.2) is 18.2 Å². The van der Waals surface area contributed by atoms with E-state index in [0.29, 0.717) is 70.5 Å². The monoisotopic (exact) mass is 504 g/mol. The van der Waals surface area contributed by atoms with E-state index < -0.39 is 17.2 Å². The highest BCUT2D eigenvalue weighted by Gasteiger charge is 2.34. The summed E-state index contributed by atoms with van der Waals surface area (Å²) in [4.78, 5) is 35.4. The molecule has 2 N–H and O–H groups in total. The summed E-state index contributed by atoms with van der Waals surface area (Å²) in [5.74, 6) is 0.467. The van der Waals surface area contributed by atoms with Gasteiger partial charge in [0.1, 0.15) is 22.5 Å². The van der Waals surface area contributed by atoms with Gasteiger partial charge in [0.05, 0.1) is 10.0 Å². The van der Waals surface area contributed by atoms with Gasteiger partial charge in [-0.15, -0.1) is 0 Å². The summed E-state index contributed by atoms with van der Waals surface area (Å²) in [5.41, 5.74) is 1.15. The zero-order valence-corrected chi connectivity index (χ0v) is 20.9. The third-order valence-electron chi connectivity index (χ3n) is 5.69. The Bertz CT molecular complexity index is 1250. The Labute approximate surface area is 207 Å². The van der Waals surface area contributed by atoms with Crippen molar-refractivity contribution in [3.8, 4) is 11.3 Å². The molecule has 2 aromatic heterocycles. The van der Waals surface area contributed by atoms with Gasteiger partial charge in [0, 0.05) is 24.2 Å². The Kier molecular flexibility index (Phi) is 6.44. The topological polar surface area (TPSA) is 113 Å². The van der Waals surface area contributed by atoms with Gasteiger partial charge in [-0.1, -0.05) is 35.3 Å². The lowest BCUT2D eigenvalue weighted by Gasteiger charge is -2.40. The molecule has 3 aromatic rings. The minimum Gasteiger partial charge on any atom is -0.444 e. The number of piperidine rings is 1. The number of fused-ring (bicyclic) bond motifs is 1. The van der Waals surface area contributed by atoms with Gasteiger partial charge in [0.15, 0.2) is 17.8 Å². The maximum absolute atomic E-state index is 12.3. The second-order valence-corrected chi connectivity index (χ2v) is 10.4. The van der Waals surface area contributed by atoms with Crippen molar-refractivity contribution in [1.29, 1.82) is 0 Å². The number of carbonyl (C=O) groups is 2. The standard InChI is InChI=1S/C23H26Cl2N6O3/c1-22(2,3)34-21(33)28-23(4)8-10-31(11-9-23)20-15(12-32)26-18-17(29-30-19(18)27-20)13-6-5-7-14(24)16(13)25/h5-7,12H,8-11H2,1-4H3,(H,28,33)(H,27,29,30). The van der Waals surface area contributed by atoms with Crippen LogP contribution < -0.4 is 10.2 Å². The van der Waals surface area contributed by atoms with E-state index in [2.05, 4.69) is 25.5 Å². The summed E-state index contributed by atoms with van der Waals surface area (Å²) in [6, 6.07) is 5.23. The molecule has 1 aliphatic heterocycles. The van der Waals surface area contributed by atoms with Gasteiger partial charge in [0.25, 0.3) is 0 Å². The molecule has 0 radical (unpaired) electrons. The van der Waals surface area contributed by atoms with Crippen molar-refractivity contribution in [2.75, 3.05) is 18.0 Å². The summed E-state index contributed by atoms with van der Waals surface area (Å²) in [5, 5.41) is 10.9. The normalized spacial score (nSPS) is 15.9. The fraction of sp³-hybridized carbons (Fsp3) is 0.435. The van der Waals surface area contributed by atoms with Gasteiger partial charge in [-0.3, -0.25) is 9.89 Å². The summed E-state index contributed by atoms with van der Waals surface area (Å²) in [7, 11) is 0. The molecule has 0 bridgehead atoms. The third kappa shape index (κ3) is 4.95. The molecule has 0 aliphatic carbocycles. The lowest BCUT2D eigenvalue weighted by Crippen LogP contribution is -2.54. The highest BCUT2D eigenvalue weighted by Crippen LogP contribution is 2.36. The van der Waals surface area contributed by atoms with Crippen LogP contribution in [-0.2, 0) is 4.74 Å². The molecular weight excluding hydrogens is 479 g/mol. The number of anilines is 1. The Morgan fingerprint density at radius 1 is 1.24 bits per heavy atom. The first-order chi connectivity index (χ1) is 16.0. The number of aldehydes is 1. The molecule has 1 aliphatic rings. The van der Waals surface area contributed by atoms with E-state index in [9.17, 15) is 9.59 Å². The van der Waals surface area contributed by atoms with E-state index in [4.69, 9.17) is 27.9 Å². The number of halogens is 2.